The second kappa shape index (κ2) is 7.97. The van der Waals surface area contributed by atoms with Gasteiger partial charge >= 0.3 is 0 Å². The lowest BCUT2D eigenvalue weighted by Gasteiger charge is -2.10. The first-order chi connectivity index (χ1) is 12.2. The van der Waals surface area contributed by atoms with Crippen LogP contribution in [0, 0.1) is 10.1 Å². The minimum Gasteiger partial charge on any atom is -0.489 e. The van der Waals surface area contributed by atoms with E-state index >= 15 is 0 Å². The van der Waals surface area contributed by atoms with Crippen molar-refractivity contribution in [1.82, 2.24) is 0 Å². The zero-order valence-electron chi connectivity index (χ0n) is 13.5. The van der Waals surface area contributed by atoms with Gasteiger partial charge < -0.3 is 9.47 Å². The van der Waals surface area contributed by atoms with E-state index in [1.54, 1.807) is 12.1 Å². The van der Waals surface area contributed by atoms with E-state index in [1.807, 2.05) is 54.6 Å². The van der Waals surface area contributed by atoms with Crippen molar-refractivity contribution in [3.8, 4) is 11.5 Å². The summed E-state index contributed by atoms with van der Waals surface area (Å²) < 4.78 is 11.5. The SMILES string of the molecule is O=[N+]([O-])c1ccc(COc2cccc(OCc3ccccc3)c2)cc1. The van der Waals surface area contributed by atoms with Crippen LogP contribution in [0.5, 0.6) is 11.5 Å². The summed E-state index contributed by atoms with van der Waals surface area (Å²) >= 11 is 0. The van der Waals surface area contributed by atoms with Crippen molar-refractivity contribution >= 4 is 5.69 Å². The molecule has 3 aromatic carbocycles. The molecule has 0 bridgehead atoms. The maximum atomic E-state index is 10.7. The molecule has 0 atom stereocenters. The Kier molecular flexibility index (Phi) is 5.26. The molecular weight excluding hydrogens is 318 g/mol. The van der Waals surface area contributed by atoms with Gasteiger partial charge in [0.15, 0.2) is 0 Å². The monoisotopic (exact) mass is 335 g/mol. The molecule has 3 aromatic rings. The van der Waals surface area contributed by atoms with Gasteiger partial charge in [0.1, 0.15) is 24.7 Å². The number of rotatable bonds is 7. The van der Waals surface area contributed by atoms with Crippen LogP contribution in [0.25, 0.3) is 0 Å². The van der Waals surface area contributed by atoms with Crippen LogP contribution in [-0.2, 0) is 13.2 Å². The Hall–Kier alpha value is -3.34. The number of nitro groups is 1. The van der Waals surface area contributed by atoms with Crippen LogP contribution in [0.4, 0.5) is 5.69 Å². The first kappa shape index (κ1) is 16.5. The van der Waals surface area contributed by atoms with E-state index in [0.29, 0.717) is 19.0 Å². The number of hydrogen-bond donors (Lipinski definition) is 0. The largest absolute Gasteiger partial charge is 0.489 e. The number of nitrogens with zero attached hydrogens (tertiary/aromatic N) is 1. The molecular formula is C20H17NO4. The highest BCUT2D eigenvalue weighted by atomic mass is 16.6. The second-order valence-electron chi connectivity index (χ2n) is 5.46. The van der Waals surface area contributed by atoms with Crippen molar-refractivity contribution in [3.05, 3.63) is 100 Å². The van der Waals surface area contributed by atoms with Crippen molar-refractivity contribution in [1.29, 1.82) is 0 Å². The maximum Gasteiger partial charge on any atom is 0.269 e. The molecule has 126 valence electrons. The maximum absolute atomic E-state index is 10.7. The van der Waals surface area contributed by atoms with Gasteiger partial charge in [0.25, 0.3) is 5.69 Å². The van der Waals surface area contributed by atoms with Crippen LogP contribution < -0.4 is 9.47 Å². The number of ether oxygens (including phenoxy) is 2. The van der Waals surface area contributed by atoms with Gasteiger partial charge in [0.2, 0.25) is 0 Å². The van der Waals surface area contributed by atoms with Crippen LogP contribution >= 0.6 is 0 Å². The zero-order valence-corrected chi connectivity index (χ0v) is 13.5. The predicted molar refractivity (Wildman–Crippen MR) is 94.6 cm³/mol. The van der Waals surface area contributed by atoms with E-state index in [1.165, 1.54) is 12.1 Å². The molecule has 0 heterocycles. The lowest BCUT2D eigenvalue weighted by atomic mass is 10.2. The van der Waals surface area contributed by atoms with Gasteiger partial charge in [-0.3, -0.25) is 10.1 Å². The highest BCUT2D eigenvalue weighted by molar-refractivity contribution is 5.35. The van der Waals surface area contributed by atoms with Gasteiger partial charge in [-0.25, -0.2) is 0 Å². The summed E-state index contributed by atoms with van der Waals surface area (Å²) in [7, 11) is 0. The fraction of sp³-hybridized carbons (Fsp3) is 0.100. The standard InChI is InChI=1S/C20H17NO4/c22-21(23)18-11-9-17(10-12-18)15-25-20-8-4-7-19(13-20)24-14-16-5-2-1-3-6-16/h1-13H,14-15H2. The predicted octanol–water partition coefficient (Wildman–Crippen LogP) is 4.75. The topological polar surface area (TPSA) is 61.6 Å². The van der Waals surface area contributed by atoms with Crippen LogP contribution in [0.15, 0.2) is 78.9 Å². The molecule has 0 aliphatic heterocycles. The van der Waals surface area contributed by atoms with E-state index in [0.717, 1.165) is 16.9 Å². The normalized spacial score (nSPS) is 10.2. The lowest BCUT2D eigenvalue weighted by Crippen LogP contribution is -1.98. The van der Waals surface area contributed by atoms with Gasteiger partial charge in [-0.15, -0.1) is 0 Å². The third-order valence-electron chi connectivity index (χ3n) is 3.61. The van der Waals surface area contributed by atoms with Gasteiger partial charge in [0.05, 0.1) is 4.92 Å². The lowest BCUT2D eigenvalue weighted by molar-refractivity contribution is -0.384. The van der Waals surface area contributed by atoms with Crippen molar-refractivity contribution in [3.63, 3.8) is 0 Å². The first-order valence-electron chi connectivity index (χ1n) is 7.83. The van der Waals surface area contributed by atoms with Crippen molar-refractivity contribution in [2.75, 3.05) is 0 Å². The Morgan fingerprint density at radius 3 is 1.84 bits per heavy atom. The number of benzene rings is 3. The molecule has 5 heteroatoms. The van der Waals surface area contributed by atoms with Gasteiger partial charge in [-0.05, 0) is 35.4 Å². The number of non-ortho nitro benzene ring substituents is 1. The molecule has 0 amide bonds. The summed E-state index contributed by atoms with van der Waals surface area (Å²) in [6.07, 6.45) is 0. The van der Waals surface area contributed by atoms with Gasteiger partial charge in [-0.1, -0.05) is 36.4 Å². The molecule has 3 rings (SSSR count). The third-order valence-corrected chi connectivity index (χ3v) is 3.61. The highest BCUT2D eigenvalue weighted by Crippen LogP contribution is 2.22. The molecule has 5 nitrogen and oxygen atoms in total. The summed E-state index contributed by atoms with van der Waals surface area (Å²) in [4.78, 5) is 10.2. The number of nitro benzene ring substituents is 1. The number of hydrogen-bond acceptors (Lipinski definition) is 4. The van der Waals surface area contributed by atoms with Crippen LogP contribution in [-0.4, -0.2) is 4.92 Å². The Morgan fingerprint density at radius 2 is 1.28 bits per heavy atom. The van der Waals surface area contributed by atoms with E-state index in [2.05, 4.69) is 0 Å². The van der Waals surface area contributed by atoms with E-state index in [9.17, 15) is 10.1 Å². The Bertz CT molecular complexity index is 832. The zero-order chi connectivity index (χ0) is 17.5. The summed E-state index contributed by atoms with van der Waals surface area (Å²) in [6, 6.07) is 23.7. The third kappa shape index (κ3) is 4.81. The summed E-state index contributed by atoms with van der Waals surface area (Å²) in [5, 5.41) is 10.7. The molecule has 0 N–H and O–H groups in total. The Labute approximate surface area is 145 Å². The van der Waals surface area contributed by atoms with E-state index in [-0.39, 0.29) is 5.69 Å². The van der Waals surface area contributed by atoms with Crippen molar-refractivity contribution in [2.45, 2.75) is 13.2 Å². The van der Waals surface area contributed by atoms with Gasteiger partial charge in [-0.2, -0.15) is 0 Å². The fourth-order valence-corrected chi connectivity index (χ4v) is 2.28. The van der Waals surface area contributed by atoms with Crippen LogP contribution in [0.1, 0.15) is 11.1 Å². The molecule has 0 saturated carbocycles. The van der Waals surface area contributed by atoms with E-state index in [4.69, 9.17) is 9.47 Å². The molecule has 0 aliphatic carbocycles. The smallest absolute Gasteiger partial charge is 0.269 e. The van der Waals surface area contributed by atoms with Crippen LogP contribution in [0.3, 0.4) is 0 Å². The minimum atomic E-state index is -0.418. The second-order valence-corrected chi connectivity index (χ2v) is 5.46. The first-order valence-corrected chi connectivity index (χ1v) is 7.83. The summed E-state index contributed by atoms with van der Waals surface area (Å²) in [6.45, 7) is 0.826. The molecule has 0 fully saturated rings. The van der Waals surface area contributed by atoms with E-state index < -0.39 is 4.92 Å². The molecule has 0 spiro atoms. The molecule has 0 radical (unpaired) electrons. The Balaban J connectivity index is 1.57. The van der Waals surface area contributed by atoms with Crippen molar-refractivity contribution in [2.24, 2.45) is 0 Å². The molecule has 0 unspecified atom stereocenters. The molecule has 25 heavy (non-hydrogen) atoms. The average Bonchev–Trinajstić information content (AvgIpc) is 2.66. The summed E-state index contributed by atoms with van der Waals surface area (Å²) in [5.74, 6) is 1.41. The summed E-state index contributed by atoms with van der Waals surface area (Å²) in [5.41, 5.74) is 2.03. The van der Waals surface area contributed by atoms with Gasteiger partial charge in [0, 0.05) is 18.2 Å². The molecule has 0 aromatic heterocycles. The molecule has 0 saturated heterocycles. The van der Waals surface area contributed by atoms with Crippen molar-refractivity contribution < 1.29 is 14.4 Å². The Morgan fingerprint density at radius 1 is 0.720 bits per heavy atom. The average molecular weight is 335 g/mol. The highest BCUT2D eigenvalue weighted by Gasteiger charge is 2.05. The fourth-order valence-electron chi connectivity index (χ4n) is 2.28. The quantitative estimate of drug-likeness (QED) is 0.461. The minimum absolute atomic E-state index is 0.0695. The molecule has 0 aliphatic rings. The van der Waals surface area contributed by atoms with Crippen LogP contribution in [0.2, 0.25) is 0 Å².